The van der Waals surface area contributed by atoms with Gasteiger partial charge in [-0.2, -0.15) is 0 Å². The highest BCUT2D eigenvalue weighted by molar-refractivity contribution is 7.26. The van der Waals surface area contributed by atoms with Crippen LogP contribution in [0.2, 0.25) is 0 Å². The van der Waals surface area contributed by atoms with Crippen molar-refractivity contribution >= 4 is 48.6 Å². The minimum Gasteiger partial charge on any atom is -0.464 e. The van der Waals surface area contributed by atoms with Crippen LogP contribution >= 0.6 is 11.3 Å². The number of nitrogens with zero attached hydrogens (tertiary/aromatic N) is 1. The second-order valence-electron chi connectivity index (χ2n) is 17.9. The van der Waals surface area contributed by atoms with Crippen LogP contribution in [0.5, 0.6) is 0 Å². The molecule has 0 bridgehead atoms. The van der Waals surface area contributed by atoms with Crippen molar-refractivity contribution < 1.29 is 4.42 Å². The Bertz CT molecular complexity index is 3900. The fourth-order valence-corrected chi connectivity index (χ4v) is 12.7. The quantitative estimate of drug-likeness (QED) is 0.165. The van der Waals surface area contributed by atoms with Gasteiger partial charge in [-0.05, 0) is 133 Å². The van der Waals surface area contributed by atoms with E-state index in [0.29, 0.717) is 0 Å². The van der Waals surface area contributed by atoms with E-state index in [0.717, 1.165) is 39.5 Å². The molecule has 1 unspecified atom stereocenters. The summed E-state index contributed by atoms with van der Waals surface area (Å²) in [5.74, 6) is 0.862. The fourth-order valence-electron chi connectivity index (χ4n) is 11.5. The highest BCUT2D eigenvalue weighted by atomic mass is 32.1. The van der Waals surface area contributed by atoms with Crippen LogP contribution in [0.1, 0.15) is 22.3 Å². The van der Waals surface area contributed by atoms with E-state index in [4.69, 9.17) is 4.42 Å². The molecule has 1 spiro atoms. The molecule has 0 amide bonds. The molecular weight excluding hydrogens is 843 g/mol. The van der Waals surface area contributed by atoms with Crippen LogP contribution in [0.3, 0.4) is 0 Å². The van der Waals surface area contributed by atoms with Gasteiger partial charge in [0.2, 0.25) is 0 Å². The van der Waals surface area contributed by atoms with Gasteiger partial charge in [0.25, 0.3) is 0 Å². The Labute approximate surface area is 399 Å². The van der Waals surface area contributed by atoms with Crippen LogP contribution in [0.15, 0.2) is 253 Å². The number of rotatable bonds is 6. The second kappa shape index (κ2) is 15.3. The lowest BCUT2D eigenvalue weighted by molar-refractivity contribution is 0.582. The summed E-state index contributed by atoms with van der Waals surface area (Å²) in [5.41, 5.74) is 21.3. The van der Waals surface area contributed by atoms with Gasteiger partial charge in [0.1, 0.15) is 5.76 Å². The number of fused-ring (bicyclic) bond motifs is 16. The van der Waals surface area contributed by atoms with Crippen LogP contribution in [-0.2, 0) is 5.41 Å². The normalized spacial score (nSPS) is 14.2. The lowest BCUT2D eigenvalue weighted by Crippen LogP contribution is -2.29. The molecule has 0 saturated carbocycles. The van der Waals surface area contributed by atoms with Gasteiger partial charge in [0.05, 0.1) is 11.7 Å². The summed E-state index contributed by atoms with van der Waals surface area (Å²) in [6, 6.07) is 89.6. The lowest BCUT2D eigenvalue weighted by atomic mass is 9.66. The molecule has 0 aliphatic heterocycles. The van der Waals surface area contributed by atoms with Gasteiger partial charge in [-0.15, -0.1) is 11.3 Å². The highest BCUT2D eigenvalue weighted by Crippen LogP contribution is 2.63. The molecule has 2 aliphatic carbocycles. The third-order valence-electron chi connectivity index (χ3n) is 14.4. The first-order valence-electron chi connectivity index (χ1n) is 23.3. The van der Waals surface area contributed by atoms with Crippen LogP contribution in [0.4, 0.5) is 17.1 Å². The van der Waals surface area contributed by atoms with Crippen molar-refractivity contribution in [2.24, 2.45) is 0 Å². The maximum absolute atomic E-state index is 5.77. The standard InChI is InChI=1S/C65H41NOS/c1-2-14-42(15-3-1)43-27-31-47(32-28-43)66(48-33-29-44(30-34-48)45-16-12-17-46(40-45)61-25-13-39-67-61)49-35-37-59-56(41-49)51-19-5-4-18-50(51)52-20-6-9-23-57(52)65(59)58-24-10-7-22-55(58)63-60(65)38-36-54-53-21-8-11-26-62(53)68-64(54)63/h1-41H. The minimum atomic E-state index is -0.590. The predicted octanol–water partition coefficient (Wildman–Crippen LogP) is 18.1. The summed E-state index contributed by atoms with van der Waals surface area (Å²) in [6.45, 7) is 0. The Morgan fingerprint density at radius 3 is 1.65 bits per heavy atom. The van der Waals surface area contributed by atoms with Gasteiger partial charge in [-0.1, -0.05) is 182 Å². The van der Waals surface area contributed by atoms with Crippen molar-refractivity contribution in [3.8, 4) is 67.0 Å². The number of anilines is 3. The molecule has 1 atom stereocenters. The molecule has 2 nitrogen and oxygen atoms in total. The van der Waals surface area contributed by atoms with Crippen molar-refractivity contribution in [2.45, 2.75) is 5.41 Å². The topological polar surface area (TPSA) is 16.4 Å². The van der Waals surface area contributed by atoms with E-state index in [1.54, 1.807) is 6.26 Å². The zero-order valence-electron chi connectivity index (χ0n) is 36.9. The molecule has 0 saturated heterocycles. The molecule has 2 aliphatic rings. The minimum absolute atomic E-state index is 0.590. The molecular formula is C65H41NOS. The molecule has 0 N–H and O–H groups in total. The third-order valence-corrected chi connectivity index (χ3v) is 15.6. The van der Waals surface area contributed by atoms with E-state index in [-0.39, 0.29) is 0 Å². The lowest BCUT2D eigenvalue weighted by Gasteiger charge is -2.36. The number of hydrogen-bond donors (Lipinski definition) is 0. The number of hydrogen-bond acceptors (Lipinski definition) is 3. The van der Waals surface area contributed by atoms with E-state index in [2.05, 4.69) is 235 Å². The molecule has 2 aromatic heterocycles. The van der Waals surface area contributed by atoms with Gasteiger partial charge in [-0.3, -0.25) is 0 Å². The van der Waals surface area contributed by atoms with Gasteiger partial charge in [0, 0.05) is 48.4 Å². The second-order valence-corrected chi connectivity index (χ2v) is 19.0. The fraction of sp³-hybridized carbons (Fsp3) is 0.0154. The van der Waals surface area contributed by atoms with Crippen molar-refractivity contribution in [3.05, 3.63) is 271 Å². The van der Waals surface area contributed by atoms with Crippen molar-refractivity contribution in [2.75, 3.05) is 4.90 Å². The Kier molecular flexibility index (Phi) is 8.71. The molecule has 0 fully saturated rings. The van der Waals surface area contributed by atoms with Crippen molar-refractivity contribution in [1.29, 1.82) is 0 Å². The zero-order valence-corrected chi connectivity index (χ0v) is 37.8. The van der Waals surface area contributed by atoms with Crippen LogP contribution in [0, 0.1) is 0 Å². The first kappa shape index (κ1) is 38.7. The summed E-state index contributed by atoms with van der Waals surface area (Å²) < 4.78 is 8.44. The summed E-state index contributed by atoms with van der Waals surface area (Å²) in [6.07, 6.45) is 1.73. The number of thiophene rings is 1. The van der Waals surface area contributed by atoms with Gasteiger partial charge >= 0.3 is 0 Å². The first-order chi connectivity index (χ1) is 33.7. The summed E-state index contributed by atoms with van der Waals surface area (Å²) in [5, 5.41) is 2.64. The van der Waals surface area contributed by atoms with Crippen LogP contribution in [-0.4, -0.2) is 0 Å². The predicted molar refractivity (Wildman–Crippen MR) is 284 cm³/mol. The Hall–Kier alpha value is -8.50. The molecule has 318 valence electrons. The smallest absolute Gasteiger partial charge is 0.133 e. The maximum atomic E-state index is 5.77. The molecule has 12 aromatic rings. The van der Waals surface area contributed by atoms with E-state index < -0.39 is 5.41 Å². The third kappa shape index (κ3) is 5.76. The van der Waals surface area contributed by atoms with Gasteiger partial charge in [-0.25, -0.2) is 0 Å². The average molecular weight is 884 g/mol. The summed E-state index contributed by atoms with van der Waals surface area (Å²) >= 11 is 1.92. The molecule has 2 heterocycles. The highest BCUT2D eigenvalue weighted by Gasteiger charge is 2.50. The summed E-state index contributed by atoms with van der Waals surface area (Å²) in [4.78, 5) is 2.42. The zero-order chi connectivity index (χ0) is 44.8. The monoisotopic (exact) mass is 883 g/mol. The molecule has 0 radical (unpaired) electrons. The number of furan rings is 1. The van der Waals surface area contributed by atoms with Gasteiger partial charge in [0.15, 0.2) is 0 Å². The van der Waals surface area contributed by atoms with Crippen LogP contribution in [0.25, 0.3) is 87.1 Å². The number of benzene rings is 10. The largest absolute Gasteiger partial charge is 0.464 e. The SMILES string of the molecule is c1ccc(-c2ccc(N(c3ccc(-c4cccc(-c5ccco5)c4)cc3)c3ccc4c(c3)-c3ccccc3-c3ccccc3C43c4ccccc4-c4c3ccc3c4sc4ccccc43)cc2)cc1. The van der Waals surface area contributed by atoms with Crippen molar-refractivity contribution in [3.63, 3.8) is 0 Å². The Morgan fingerprint density at radius 1 is 0.338 bits per heavy atom. The first-order valence-corrected chi connectivity index (χ1v) is 24.1. The van der Waals surface area contributed by atoms with E-state index in [1.165, 1.54) is 86.9 Å². The molecule has 14 rings (SSSR count). The van der Waals surface area contributed by atoms with E-state index >= 15 is 0 Å². The Morgan fingerprint density at radius 2 is 0.897 bits per heavy atom. The van der Waals surface area contributed by atoms with Gasteiger partial charge < -0.3 is 9.32 Å². The molecule has 3 heteroatoms. The molecule has 68 heavy (non-hydrogen) atoms. The van der Waals surface area contributed by atoms with Crippen LogP contribution < -0.4 is 4.90 Å². The van der Waals surface area contributed by atoms with E-state index in [1.807, 2.05) is 23.5 Å². The average Bonchev–Trinajstić information content (AvgIpc) is 4.15. The van der Waals surface area contributed by atoms with E-state index in [9.17, 15) is 0 Å². The maximum Gasteiger partial charge on any atom is 0.133 e. The summed E-state index contributed by atoms with van der Waals surface area (Å²) in [7, 11) is 0. The Balaban J connectivity index is 1.00. The molecule has 10 aromatic carbocycles. The van der Waals surface area contributed by atoms with Crippen molar-refractivity contribution in [1.82, 2.24) is 0 Å².